The largest absolute Gasteiger partial charge is 0.466 e. The van der Waals surface area contributed by atoms with E-state index in [4.69, 9.17) is 16.3 Å². The van der Waals surface area contributed by atoms with Crippen LogP contribution in [0.3, 0.4) is 0 Å². The van der Waals surface area contributed by atoms with Crippen LogP contribution in [0.15, 0.2) is 24.3 Å². The monoisotopic (exact) mass is 241 g/mol. The molecule has 2 rings (SSSR count). The van der Waals surface area contributed by atoms with E-state index in [-0.39, 0.29) is 0 Å². The van der Waals surface area contributed by atoms with Gasteiger partial charge in [0.15, 0.2) is 0 Å². The molecule has 0 aliphatic heterocycles. The number of ether oxygens (including phenoxy) is 1. The lowest BCUT2D eigenvalue weighted by molar-refractivity contribution is 0.386. The van der Waals surface area contributed by atoms with E-state index in [0.717, 1.165) is 5.69 Å². The van der Waals surface area contributed by atoms with Crippen molar-refractivity contribution in [1.82, 2.24) is 9.36 Å². The Morgan fingerprint density at radius 3 is 3.00 bits per heavy atom. The number of hydrogen-bond donors (Lipinski definition) is 1. The Bertz CT molecular complexity index is 460. The summed E-state index contributed by atoms with van der Waals surface area (Å²) < 4.78 is 8.84. The van der Waals surface area contributed by atoms with Crippen molar-refractivity contribution in [1.29, 1.82) is 0 Å². The first-order valence-corrected chi connectivity index (χ1v) is 5.33. The van der Waals surface area contributed by atoms with Crippen molar-refractivity contribution >= 4 is 34.0 Å². The summed E-state index contributed by atoms with van der Waals surface area (Å²) in [6.45, 7) is 0. The summed E-state index contributed by atoms with van der Waals surface area (Å²) in [5.41, 5.74) is 0.876. The maximum Gasteiger partial charge on any atom is 0.329 e. The van der Waals surface area contributed by atoms with E-state index in [9.17, 15) is 0 Å². The van der Waals surface area contributed by atoms with Crippen LogP contribution in [-0.4, -0.2) is 16.5 Å². The molecule has 1 aromatic carbocycles. The summed E-state index contributed by atoms with van der Waals surface area (Å²) in [6.07, 6.45) is 0. The first-order chi connectivity index (χ1) is 7.28. The van der Waals surface area contributed by atoms with E-state index in [2.05, 4.69) is 14.7 Å². The van der Waals surface area contributed by atoms with Crippen molar-refractivity contribution in [3.05, 3.63) is 29.3 Å². The Morgan fingerprint density at radius 2 is 2.33 bits per heavy atom. The van der Waals surface area contributed by atoms with Crippen LogP contribution < -0.4 is 10.1 Å². The molecule has 0 amide bonds. The molecule has 0 fully saturated rings. The Morgan fingerprint density at radius 1 is 1.47 bits per heavy atom. The van der Waals surface area contributed by atoms with Crippen LogP contribution in [0.2, 0.25) is 5.02 Å². The average Bonchev–Trinajstić information content (AvgIpc) is 2.65. The molecule has 0 saturated heterocycles. The molecule has 1 heterocycles. The van der Waals surface area contributed by atoms with E-state index < -0.39 is 0 Å². The fourth-order valence-corrected chi connectivity index (χ4v) is 1.79. The SMILES string of the molecule is COc1nsc(Nc2cccc(Cl)c2)n1. The fraction of sp³-hybridized carbons (Fsp3) is 0.111. The molecule has 6 heteroatoms. The highest BCUT2D eigenvalue weighted by Gasteiger charge is 2.03. The zero-order chi connectivity index (χ0) is 10.7. The number of benzene rings is 1. The highest BCUT2D eigenvalue weighted by molar-refractivity contribution is 7.09. The number of nitrogens with zero attached hydrogens (tertiary/aromatic N) is 2. The molecule has 0 aliphatic carbocycles. The van der Waals surface area contributed by atoms with Gasteiger partial charge in [-0.1, -0.05) is 17.7 Å². The second-order valence-electron chi connectivity index (χ2n) is 2.72. The third kappa shape index (κ3) is 2.57. The van der Waals surface area contributed by atoms with Crippen molar-refractivity contribution in [3.8, 4) is 6.01 Å². The van der Waals surface area contributed by atoms with Gasteiger partial charge in [-0.25, -0.2) is 0 Å². The first kappa shape index (κ1) is 10.2. The quantitative estimate of drug-likeness (QED) is 0.898. The Hall–Kier alpha value is -1.33. The van der Waals surface area contributed by atoms with Gasteiger partial charge in [0.25, 0.3) is 0 Å². The Kier molecular flexibility index (Phi) is 3.03. The summed E-state index contributed by atoms with van der Waals surface area (Å²) in [4.78, 5) is 4.08. The van der Waals surface area contributed by atoms with Gasteiger partial charge >= 0.3 is 6.01 Å². The lowest BCUT2D eigenvalue weighted by Crippen LogP contribution is -1.89. The third-order valence-corrected chi connectivity index (χ3v) is 2.51. The van der Waals surface area contributed by atoms with Gasteiger partial charge in [-0.05, 0) is 18.2 Å². The number of rotatable bonds is 3. The number of halogens is 1. The fourth-order valence-electron chi connectivity index (χ4n) is 1.03. The van der Waals surface area contributed by atoms with Crippen LogP contribution in [0, 0.1) is 0 Å². The molecular weight excluding hydrogens is 234 g/mol. The molecule has 0 saturated carbocycles. The summed E-state index contributed by atoms with van der Waals surface area (Å²) in [6, 6.07) is 7.76. The molecular formula is C9H8ClN3OS. The lowest BCUT2D eigenvalue weighted by Gasteiger charge is -2.00. The van der Waals surface area contributed by atoms with Crippen LogP contribution in [-0.2, 0) is 0 Å². The molecule has 2 aromatic rings. The molecule has 1 N–H and O–H groups in total. The topological polar surface area (TPSA) is 47.0 Å². The second kappa shape index (κ2) is 4.46. The van der Waals surface area contributed by atoms with Gasteiger partial charge in [-0.2, -0.15) is 4.98 Å². The standard InChI is InChI=1S/C9H8ClN3OS/c1-14-8-12-9(15-13-8)11-7-4-2-3-6(10)5-7/h2-5H,1H3,(H,11,12,13). The minimum absolute atomic E-state index is 0.365. The molecule has 4 nitrogen and oxygen atoms in total. The predicted molar refractivity (Wildman–Crippen MR) is 61.2 cm³/mol. The zero-order valence-corrected chi connectivity index (χ0v) is 9.47. The minimum atomic E-state index is 0.365. The second-order valence-corrected chi connectivity index (χ2v) is 3.91. The lowest BCUT2D eigenvalue weighted by atomic mass is 10.3. The zero-order valence-electron chi connectivity index (χ0n) is 7.90. The maximum atomic E-state index is 5.85. The number of hydrogen-bond acceptors (Lipinski definition) is 5. The van der Waals surface area contributed by atoms with Crippen molar-refractivity contribution in [2.24, 2.45) is 0 Å². The van der Waals surface area contributed by atoms with Crippen molar-refractivity contribution in [3.63, 3.8) is 0 Å². The molecule has 0 aliphatic rings. The average molecular weight is 242 g/mol. The first-order valence-electron chi connectivity index (χ1n) is 4.18. The van der Waals surface area contributed by atoms with Crippen molar-refractivity contribution < 1.29 is 4.74 Å². The molecule has 0 radical (unpaired) electrons. The molecule has 0 atom stereocenters. The van der Waals surface area contributed by atoms with Gasteiger partial charge in [-0.15, -0.1) is 4.37 Å². The summed E-state index contributed by atoms with van der Waals surface area (Å²) in [5.74, 6) is 0. The van der Waals surface area contributed by atoms with Gasteiger partial charge in [0, 0.05) is 22.2 Å². The molecule has 15 heavy (non-hydrogen) atoms. The summed E-state index contributed by atoms with van der Waals surface area (Å²) in [7, 11) is 1.53. The molecule has 0 unspecified atom stereocenters. The Balaban J connectivity index is 2.14. The number of methoxy groups -OCH3 is 1. The van der Waals surface area contributed by atoms with Crippen LogP contribution in [0.1, 0.15) is 0 Å². The summed E-state index contributed by atoms with van der Waals surface area (Å²) >= 11 is 7.08. The van der Waals surface area contributed by atoms with Crippen LogP contribution in [0.25, 0.3) is 0 Å². The van der Waals surface area contributed by atoms with Gasteiger partial charge in [0.1, 0.15) is 0 Å². The number of nitrogens with one attached hydrogen (secondary N) is 1. The molecule has 1 aromatic heterocycles. The maximum absolute atomic E-state index is 5.85. The Labute approximate surface area is 96.0 Å². The van der Waals surface area contributed by atoms with Crippen molar-refractivity contribution in [2.45, 2.75) is 0 Å². The molecule has 0 spiro atoms. The highest BCUT2D eigenvalue weighted by atomic mass is 35.5. The smallest absolute Gasteiger partial charge is 0.329 e. The minimum Gasteiger partial charge on any atom is -0.466 e. The normalized spacial score (nSPS) is 10.0. The third-order valence-electron chi connectivity index (χ3n) is 1.67. The van der Waals surface area contributed by atoms with Crippen molar-refractivity contribution in [2.75, 3.05) is 12.4 Å². The number of aromatic nitrogens is 2. The van der Waals surface area contributed by atoms with Crippen LogP contribution in [0.5, 0.6) is 6.01 Å². The highest BCUT2D eigenvalue weighted by Crippen LogP contribution is 2.22. The van der Waals surface area contributed by atoms with Crippen LogP contribution >= 0.6 is 23.1 Å². The molecule has 78 valence electrons. The molecule has 0 bridgehead atoms. The summed E-state index contributed by atoms with van der Waals surface area (Å²) in [5, 5.41) is 4.43. The van der Waals surface area contributed by atoms with Gasteiger partial charge in [-0.3, -0.25) is 0 Å². The van der Waals surface area contributed by atoms with Gasteiger partial charge in [0.2, 0.25) is 5.13 Å². The van der Waals surface area contributed by atoms with E-state index in [1.165, 1.54) is 18.6 Å². The predicted octanol–water partition coefficient (Wildman–Crippen LogP) is 2.94. The van der Waals surface area contributed by atoms with E-state index in [1.54, 1.807) is 0 Å². The van der Waals surface area contributed by atoms with Crippen LogP contribution in [0.4, 0.5) is 10.8 Å². The van der Waals surface area contributed by atoms with E-state index >= 15 is 0 Å². The van der Waals surface area contributed by atoms with E-state index in [0.29, 0.717) is 16.2 Å². The van der Waals surface area contributed by atoms with E-state index in [1.807, 2.05) is 24.3 Å². The number of anilines is 2. The van der Waals surface area contributed by atoms with Gasteiger partial charge in [0.05, 0.1) is 7.11 Å². The van der Waals surface area contributed by atoms with Gasteiger partial charge < -0.3 is 10.1 Å².